The lowest BCUT2D eigenvalue weighted by Crippen LogP contribution is -2.18. The summed E-state index contributed by atoms with van der Waals surface area (Å²) in [7, 11) is 0. The molecule has 106 valence electrons. The Bertz CT molecular complexity index is 585. The van der Waals surface area contributed by atoms with Gasteiger partial charge in [-0.1, -0.05) is 19.1 Å². The maximum atomic E-state index is 6.03. The molecule has 2 nitrogen and oxygen atoms in total. The first-order chi connectivity index (χ1) is 9.78. The van der Waals surface area contributed by atoms with Crippen molar-refractivity contribution in [1.29, 1.82) is 0 Å². The van der Waals surface area contributed by atoms with E-state index in [1.54, 1.807) is 0 Å². The fourth-order valence-corrected chi connectivity index (χ4v) is 2.93. The fraction of sp³-hybridized carbons (Fsp3) is 0.444. The summed E-state index contributed by atoms with van der Waals surface area (Å²) in [5.74, 6) is 2.01. The van der Waals surface area contributed by atoms with Crippen LogP contribution in [0.1, 0.15) is 49.6 Å². The van der Waals surface area contributed by atoms with Gasteiger partial charge in [-0.3, -0.25) is 0 Å². The van der Waals surface area contributed by atoms with Gasteiger partial charge in [0.15, 0.2) is 0 Å². The molecule has 1 aromatic carbocycles. The second-order valence-electron chi connectivity index (χ2n) is 5.71. The van der Waals surface area contributed by atoms with Crippen molar-refractivity contribution in [3.05, 3.63) is 47.2 Å². The smallest absolute Gasteiger partial charge is 0.134 e. The Kier molecular flexibility index (Phi) is 3.93. The molecule has 1 aromatic heterocycles. The van der Waals surface area contributed by atoms with Gasteiger partial charge in [0.1, 0.15) is 11.5 Å². The second kappa shape index (κ2) is 5.84. The van der Waals surface area contributed by atoms with Crippen LogP contribution in [0.5, 0.6) is 0 Å². The fourth-order valence-electron chi connectivity index (χ4n) is 2.93. The van der Waals surface area contributed by atoms with Crippen molar-refractivity contribution < 1.29 is 4.42 Å². The van der Waals surface area contributed by atoms with E-state index in [9.17, 15) is 0 Å². The Labute approximate surface area is 121 Å². The summed E-state index contributed by atoms with van der Waals surface area (Å²) < 4.78 is 6.03. The molecule has 20 heavy (non-hydrogen) atoms. The van der Waals surface area contributed by atoms with E-state index in [0.717, 1.165) is 24.5 Å². The topological polar surface area (TPSA) is 25.2 Å². The summed E-state index contributed by atoms with van der Waals surface area (Å²) in [4.78, 5) is 0. The van der Waals surface area contributed by atoms with Crippen LogP contribution in [-0.4, -0.2) is 6.54 Å². The number of rotatable bonds is 5. The summed E-state index contributed by atoms with van der Waals surface area (Å²) in [5.41, 5.74) is 4.22. The first kappa shape index (κ1) is 13.4. The van der Waals surface area contributed by atoms with Crippen molar-refractivity contribution in [2.24, 2.45) is 0 Å². The number of benzene rings is 1. The highest BCUT2D eigenvalue weighted by molar-refractivity contribution is 5.60. The van der Waals surface area contributed by atoms with Gasteiger partial charge in [-0.05, 0) is 68.5 Å². The molecule has 0 fully saturated rings. The third-order valence-corrected chi connectivity index (χ3v) is 4.14. The molecular formula is C18H23NO. The molecule has 2 heteroatoms. The van der Waals surface area contributed by atoms with E-state index < -0.39 is 0 Å². The highest BCUT2D eigenvalue weighted by Crippen LogP contribution is 2.30. The van der Waals surface area contributed by atoms with Gasteiger partial charge in [-0.15, -0.1) is 0 Å². The van der Waals surface area contributed by atoms with E-state index in [1.165, 1.54) is 36.0 Å². The Morgan fingerprint density at radius 3 is 2.85 bits per heavy atom. The van der Waals surface area contributed by atoms with Gasteiger partial charge >= 0.3 is 0 Å². The zero-order valence-electron chi connectivity index (χ0n) is 12.4. The zero-order chi connectivity index (χ0) is 13.9. The van der Waals surface area contributed by atoms with Crippen LogP contribution in [0.4, 0.5) is 0 Å². The Morgan fingerprint density at radius 2 is 2.00 bits per heavy atom. The van der Waals surface area contributed by atoms with Crippen LogP contribution in [0.2, 0.25) is 0 Å². The Morgan fingerprint density at radius 1 is 1.15 bits per heavy atom. The molecule has 0 saturated carbocycles. The molecule has 0 aliphatic heterocycles. The average molecular weight is 269 g/mol. The molecule has 0 radical (unpaired) electrons. The van der Waals surface area contributed by atoms with E-state index in [0.29, 0.717) is 0 Å². The van der Waals surface area contributed by atoms with Crippen LogP contribution in [0.3, 0.4) is 0 Å². The van der Waals surface area contributed by atoms with Crippen LogP contribution in [-0.2, 0) is 12.8 Å². The third-order valence-electron chi connectivity index (χ3n) is 4.14. The van der Waals surface area contributed by atoms with E-state index in [2.05, 4.69) is 49.5 Å². The Hall–Kier alpha value is -1.54. The van der Waals surface area contributed by atoms with Crippen molar-refractivity contribution in [3.8, 4) is 11.3 Å². The number of hydrogen-bond acceptors (Lipinski definition) is 2. The van der Waals surface area contributed by atoms with Crippen molar-refractivity contribution >= 4 is 0 Å². The molecule has 3 rings (SSSR count). The molecule has 0 bridgehead atoms. The number of furan rings is 1. The first-order valence-corrected chi connectivity index (χ1v) is 7.73. The van der Waals surface area contributed by atoms with E-state index >= 15 is 0 Å². The van der Waals surface area contributed by atoms with E-state index in [4.69, 9.17) is 4.42 Å². The predicted molar refractivity (Wildman–Crippen MR) is 82.9 cm³/mol. The minimum absolute atomic E-state index is 0.276. The molecule has 1 N–H and O–H groups in total. The predicted octanol–water partition coefficient (Wildman–Crippen LogP) is 4.50. The molecule has 0 saturated heterocycles. The van der Waals surface area contributed by atoms with Crippen molar-refractivity contribution in [1.82, 2.24) is 5.32 Å². The number of fused-ring (bicyclic) bond motifs is 1. The number of aryl methyl sites for hydroxylation is 2. The Balaban J connectivity index is 1.79. The standard InChI is InChI=1S/C18H23NO/c1-3-11-19-13(2)17-9-10-18(20-17)16-8-7-14-5-4-6-15(14)12-16/h7-10,12-13,19H,3-6,11H2,1-2H3. The van der Waals surface area contributed by atoms with Crippen LogP contribution < -0.4 is 5.32 Å². The van der Waals surface area contributed by atoms with Gasteiger partial charge in [0.2, 0.25) is 0 Å². The highest BCUT2D eigenvalue weighted by atomic mass is 16.3. The molecular weight excluding hydrogens is 246 g/mol. The van der Waals surface area contributed by atoms with Crippen molar-refractivity contribution in [2.45, 2.75) is 45.6 Å². The summed E-state index contributed by atoms with van der Waals surface area (Å²) in [6.45, 7) is 5.36. The molecule has 1 heterocycles. The van der Waals surface area contributed by atoms with Gasteiger partial charge in [0, 0.05) is 5.56 Å². The van der Waals surface area contributed by atoms with Gasteiger partial charge < -0.3 is 9.73 Å². The molecule has 0 amide bonds. The number of nitrogens with one attached hydrogen (secondary N) is 1. The molecule has 0 spiro atoms. The molecule has 1 atom stereocenters. The van der Waals surface area contributed by atoms with E-state index in [-0.39, 0.29) is 6.04 Å². The average Bonchev–Trinajstić information content (AvgIpc) is 3.12. The normalized spacial score (nSPS) is 15.3. The van der Waals surface area contributed by atoms with Gasteiger partial charge in [0.05, 0.1) is 6.04 Å². The van der Waals surface area contributed by atoms with Gasteiger partial charge in [-0.25, -0.2) is 0 Å². The summed E-state index contributed by atoms with van der Waals surface area (Å²) >= 11 is 0. The number of hydrogen-bond donors (Lipinski definition) is 1. The first-order valence-electron chi connectivity index (χ1n) is 7.73. The zero-order valence-corrected chi connectivity index (χ0v) is 12.4. The maximum absolute atomic E-state index is 6.03. The largest absolute Gasteiger partial charge is 0.459 e. The monoisotopic (exact) mass is 269 g/mol. The molecule has 2 aromatic rings. The van der Waals surface area contributed by atoms with E-state index in [1.807, 2.05) is 0 Å². The minimum atomic E-state index is 0.276. The lowest BCUT2D eigenvalue weighted by Gasteiger charge is -2.10. The third kappa shape index (κ3) is 2.66. The SMILES string of the molecule is CCCNC(C)c1ccc(-c2ccc3c(c2)CCC3)o1. The highest BCUT2D eigenvalue weighted by Gasteiger charge is 2.14. The van der Waals surface area contributed by atoms with Crippen molar-refractivity contribution in [2.75, 3.05) is 6.54 Å². The summed E-state index contributed by atoms with van der Waals surface area (Å²) in [6.07, 6.45) is 4.88. The van der Waals surface area contributed by atoms with Crippen LogP contribution in [0.25, 0.3) is 11.3 Å². The molecule has 1 aliphatic carbocycles. The molecule has 1 aliphatic rings. The van der Waals surface area contributed by atoms with Crippen molar-refractivity contribution in [3.63, 3.8) is 0 Å². The van der Waals surface area contributed by atoms with Gasteiger partial charge in [0.25, 0.3) is 0 Å². The molecule has 1 unspecified atom stereocenters. The van der Waals surface area contributed by atoms with Crippen LogP contribution in [0, 0.1) is 0 Å². The van der Waals surface area contributed by atoms with Crippen LogP contribution >= 0.6 is 0 Å². The second-order valence-corrected chi connectivity index (χ2v) is 5.71. The quantitative estimate of drug-likeness (QED) is 0.864. The maximum Gasteiger partial charge on any atom is 0.134 e. The minimum Gasteiger partial charge on any atom is -0.459 e. The van der Waals surface area contributed by atoms with Crippen LogP contribution in [0.15, 0.2) is 34.7 Å². The lowest BCUT2D eigenvalue weighted by atomic mass is 10.1. The summed E-state index contributed by atoms with van der Waals surface area (Å²) in [6, 6.07) is 11.2. The lowest BCUT2D eigenvalue weighted by molar-refractivity contribution is 0.439. The summed E-state index contributed by atoms with van der Waals surface area (Å²) in [5, 5.41) is 3.46. The van der Waals surface area contributed by atoms with Gasteiger partial charge in [-0.2, -0.15) is 0 Å².